The Bertz CT molecular complexity index is 453. The Kier molecular flexibility index (Phi) is 6.08. The Morgan fingerprint density at radius 2 is 2.24 bits per heavy atom. The van der Waals surface area contributed by atoms with E-state index in [9.17, 15) is 4.79 Å². The van der Waals surface area contributed by atoms with E-state index in [-0.39, 0.29) is 12.0 Å². The Morgan fingerprint density at radius 1 is 1.38 bits per heavy atom. The molecule has 1 fully saturated rings. The van der Waals surface area contributed by atoms with E-state index in [1.165, 1.54) is 6.26 Å². The number of guanidine groups is 1. The van der Waals surface area contributed by atoms with Crippen LogP contribution in [0.5, 0.6) is 0 Å². The molecule has 1 aromatic heterocycles. The standard InChI is InChI=1S/C14H22N4O3/c1-15-14(18-10-11-4-2-8-20-11)17-7-6-16-13(19)12-5-3-9-21-12/h3,5,9,11H,2,4,6-8,10H2,1H3,(H,16,19)(H2,15,17,18). The van der Waals surface area contributed by atoms with E-state index in [0.717, 1.165) is 26.0 Å². The third-order valence-electron chi connectivity index (χ3n) is 3.19. The lowest BCUT2D eigenvalue weighted by molar-refractivity contribution is 0.0926. The van der Waals surface area contributed by atoms with Crippen LogP contribution < -0.4 is 16.0 Å². The maximum Gasteiger partial charge on any atom is 0.287 e. The van der Waals surface area contributed by atoms with E-state index in [2.05, 4.69) is 20.9 Å². The Labute approximate surface area is 124 Å². The van der Waals surface area contributed by atoms with E-state index in [4.69, 9.17) is 9.15 Å². The summed E-state index contributed by atoms with van der Waals surface area (Å²) in [5.41, 5.74) is 0. The molecule has 1 amide bonds. The summed E-state index contributed by atoms with van der Waals surface area (Å²) in [6.07, 6.45) is 3.95. The molecule has 2 heterocycles. The molecular weight excluding hydrogens is 272 g/mol. The number of ether oxygens (including phenoxy) is 1. The van der Waals surface area contributed by atoms with Gasteiger partial charge >= 0.3 is 0 Å². The van der Waals surface area contributed by atoms with Crippen LogP contribution in [0.3, 0.4) is 0 Å². The molecule has 0 saturated carbocycles. The van der Waals surface area contributed by atoms with Gasteiger partial charge in [0.1, 0.15) is 0 Å². The third-order valence-corrected chi connectivity index (χ3v) is 3.19. The molecule has 2 rings (SSSR count). The van der Waals surface area contributed by atoms with Crippen LogP contribution in [0.2, 0.25) is 0 Å². The minimum absolute atomic E-state index is 0.218. The number of nitrogens with zero attached hydrogens (tertiary/aromatic N) is 1. The van der Waals surface area contributed by atoms with Crippen molar-refractivity contribution < 1.29 is 13.9 Å². The summed E-state index contributed by atoms with van der Waals surface area (Å²) in [6.45, 7) is 2.66. The van der Waals surface area contributed by atoms with Gasteiger partial charge < -0.3 is 25.1 Å². The highest BCUT2D eigenvalue weighted by Gasteiger charge is 2.15. The van der Waals surface area contributed by atoms with E-state index in [1.54, 1.807) is 19.2 Å². The predicted octanol–water partition coefficient (Wildman–Crippen LogP) is 0.353. The predicted molar refractivity (Wildman–Crippen MR) is 79.4 cm³/mol. The van der Waals surface area contributed by atoms with Crippen LogP contribution >= 0.6 is 0 Å². The molecule has 1 aliphatic rings. The van der Waals surface area contributed by atoms with Gasteiger partial charge in [-0.2, -0.15) is 0 Å². The number of rotatable bonds is 6. The number of furan rings is 1. The van der Waals surface area contributed by atoms with Crippen molar-refractivity contribution in [3.8, 4) is 0 Å². The normalized spacial score (nSPS) is 18.5. The molecule has 3 N–H and O–H groups in total. The molecular formula is C14H22N4O3. The Morgan fingerprint density at radius 3 is 2.90 bits per heavy atom. The molecule has 1 unspecified atom stereocenters. The van der Waals surface area contributed by atoms with Crippen molar-refractivity contribution in [3.05, 3.63) is 24.2 Å². The first-order chi connectivity index (χ1) is 10.3. The average Bonchev–Trinajstić information content (AvgIpc) is 3.19. The van der Waals surface area contributed by atoms with Gasteiger partial charge in [0.05, 0.1) is 12.4 Å². The van der Waals surface area contributed by atoms with Gasteiger partial charge in [-0.15, -0.1) is 0 Å². The zero-order valence-corrected chi connectivity index (χ0v) is 12.2. The van der Waals surface area contributed by atoms with Crippen LogP contribution in [0.25, 0.3) is 0 Å². The fourth-order valence-electron chi connectivity index (χ4n) is 2.09. The average molecular weight is 294 g/mol. The fourth-order valence-corrected chi connectivity index (χ4v) is 2.09. The van der Waals surface area contributed by atoms with Crippen LogP contribution in [-0.4, -0.2) is 51.3 Å². The second-order valence-corrected chi connectivity index (χ2v) is 4.75. The van der Waals surface area contributed by atoms with Crippen LogP contribution in [0.1, 0.15) is 23.4 Å². The zero-order chi connectivity index (χ0) is 14.9. The summed E-state index contributed by atoms with van der Waals surface area (Å²) in [5, 5.41) is 9.10. The highest BCUT2D eigenvalue weighted by atomic mass is 16.5. The van der Waals surface area contributed by atoms with Gasteiger partial charge in [0.25, 0.3) is 5.91 Å². The van der Waals surface area contributed by atoms with E-state index in [0.29, 0.717) is 24.8 Å². The van der Waals surface area contributed by atoms with Crippen LogP contribution in [-0.2, 0) is 4.74 Å². The van der Waals surface area contributed by atoms with Crippen LogP contribution in [0.15, 0.2) is 27.8 Å². The fraction of sp³-hybridized carbons (Fsp3) is 0.571. The van der Waals surface area contributed by atoms with Crippen molar-refractivity contribution in [3.63, 3.8) is 0 Å². The van der Waals surface area contributed by atoms with Gasteiger partial charge in [0.2, 0.25) is 0 Å². The van der Waals surface area contributed by atoms with Crippen LogP contribution in [0.4, 0.5) is 0 Å². The molecule has 0 aliphatic carbocycles. The summed E-state index contributed by atoms with van der Waals surface area (Å²) in [7, 11) is 1.71. The number of hydrogen-bond acceptors (Lipinski definition) is 4. The number of hydrogen-bond donors (Lipinski definition) is 3. The van der Waals surface area contributed by atoms with Crippen molar-refractivity contribution in [2.24, 2.45) is 4.99 Å². The lowest BCUT2D eigenvalue weighted by Crippen LogP contribution is -2.43. The summed E-state index contributed by atoms with van der Waals surface area (Å²) >= 11 is 0. The second-order valence-electron chi connectivity index (χ2n) is 4.75. The number of carbonyl (C=O) groups excluding carboxylic acids is 1. The summed E-state index contributed by atoms with van der Waals surface area (Å²) in [4.78, 5) is 15.7. The molecule has 0 spiro atoms. The van der Waals surface area contributed by atoms with Crippen molar-refractivity contribution in [1.29, 1.82) is 0 Å². The van der Waals surface area contributed by atoms with Crippen molar-refractivity contribution in [2.75, 3.05) is 33.3 Å². The monoisotopic (exact) mass is 294 g/mol. The quantitative estimate of drug-likeness (QED) is 0.400. The Balaban J connectivity index is 1.58. The van der Waals surface area contributed by atoms with Gasteiger partial charge in [0, 0.05) is 33.3 Å². The van der Waals surface area contributed by atoms with Gasteiger partial charge in [0.15, 0.2) is 11.7 Å². The van der Waals surface area contributed by atoms with Gasteiger partial charge in [-0.05, 0) is 25.0 Å². The van der Waals surface area contributed by atoms with Gasteiger partial charge in [-0.3, -0.25) is 9.79 Å². The number of amides is 1. The van der Waals surface area contributed by atoms with Gasteiger partial charge in [-0.25, -0.2) is 0 Å². The van der Waals surface area contributed by atoms with Crippen LogP contribution in [0, 0.1) is 0 Å². The van der Waals surface area contributed by atoms with Crippen molar-refractivity contribution in [2.45, 2.75) is 18.9 Å². The first kappa shape index (κ1) is 15.4. The molecule has 1 saturated heterocycles. The molecule has 21 heavy (non-hydrogen) atoms. The molecule has 116 valence electrons. The van der Waals surface area contributed by atoms with Crippen molar-refractivity contribution in [1.82, 2.24) is 16.0 Å². The molecule has 1 aromatic rings. The molecule has 1 aliphatic heterocycles. The first-order valence-electron chi connectivity index (χ1n) is 7.17. The smallest absolute Gasteiger partial charge is 0.287 e. The number of nitrogens with one attached hydrogen (secondary N) is 3. The lowest BCUT2D eigenvalue weighted by atomic mass is 10.2. The zero-order valence-electron chi connectivity index (χ0n) is 12.2. The second kappa shape index (κ2) is 8.31. The summed E-state index contributed by atoms with van der Waals surface area (Å²) in [5.74, 6) is 0.803. The number of aliphatic imine (C=N–C) groups is 1. The van der Waals surface area contributed by atoms with E-state index in [1.807, 2.05) is 0 Å². The van der Waals surface area contributed by atoms with E-state index < -0.39 is 0 Å². The molecule has 7 nitrogen and oxygen atoms in total. The van der Waals surface area contributed by atoms with Gasteiger partial charge in [-0.1, -0.05) is 0 Å². The third kappa shape index (κ3) is 5.11. The van der Waals surface area contributed by atoms with E-state index >= 15 is 0 Å². The highest BCUT2D eigenvalue weighted by molar-refractivity contribution is 5.91. The summed E-state index contributed by atoms with van der Waals surface area (Å²) in [6, 6.07) is 3.31. The van der Waals surface area contributed by atoms with Crippen molar-refractivity contribution >= 4 is 11.9 Å². The molecule has 1 atom stereocenters. The Hall–Kier alpha value is -2.02. The molecule has 0 radical (unpaired) electrons. The summed E-state index contributed by atoms with van der Waals surface area (Å²) < 4.78 is 10.5. The highest BCUT2D eigenvalue weighted by Crippen LogP contribution is 2.10. The SMILES string of the molecule is CN=C(NCCNC(=O)c1ccco1)NCC1CCCO1. The topological polar surface area (TPSA) is 87.9 Å². The first-order valence-corrected chi connectivity index (χ1v) is 7.17. The minimum Gasteiger partial charge on any atom is -0.459 e. The molecule has 7 heteroatoms. The largest absolute Gasteiger partial charge is 0.459 e. The lowest BCUT2D eigenvalue weighted by Gasteiger charge is -2.15. The molecule has 0 aromatic carbocycles. The minimum atomic E-state index is -0.218. The maximum atomic E-state index is 11.6. The number of carbonyl (C=O) groups is 1. The maximum absolute atomic E-state index is 11.6. The molecule has 0 bridgehead atoms.